The molecule has 0 bridgehead atoms. The minimum atomic E-state index is 0.572. The van der Waals surface area contributed by atoms with Gasteiger partial charge in [0.05, 0.1) is 11.4 Å². The summed E-state index contributed by atoms with van der Waals surface area (Å²) in [7, 11) is 0. The van der Waals surface area contributed by atoms with Gasteiger partial charge in [-0.05, 0) is 66.0 Å². The molecule has 0 spiro atoms. The minimum absolute atomic E-state index is 0.572. The molecule has 0 saturated heterocycles. The molecule has 0 radical (unpaired) electrons. The van der Waals surface area contributed by atoms with Crippen molar-refractivity contribution in [1.29, 1.82) is 0 Å². The van der Waals surface area contributed by atoms with Crippen LogP contribution in [0, 0.1) is 0 Å². The van der Waals surface area contributed by atoms with E-state index in [1.807, 2.05) is 48.5 Å². The smallest absolute Gasteiger partial charge is 0.228 e. The molecule has 5 nitrogen and oxygen atoms in total. The van der Waals surface area contributed by atoms with Gasteiger partial charge in [0.25, 0.3) is 0 Å². The lowest BCUT2D eigenvalue weighted by Gasteiger charge is -2.27. The number of oxazole rings is 1. The summed E-state index contributed by atoms with van der Waals surface area (Å²) in [5.74, 6) is 0.572. The fourth-order valence-corrected chi connectivity index (χ4v) is 6.84. The summed E-state index contributed by atoms with van der Waals surface area (Å²) < 4.78 is 19.2. The van der Waals surface area contributed by atoms with Gasteiger partial charge in [-0.15, -0.1) is 0 Å². The predicted octanol–water partition coefficient (Wildman–Crippen LogP) is 11.9. The van der Waals surface area contributed by atoms with Crippen LogP contribution in [0.1, 0.15) is 0 Å². The number of nitrogens with zero attached hydrogens (tertiary/aromatic N) is 2. The van der Waals surface area contributed by atoms with Crippen molar-refractivity contribution in [3.63, 3.8) is 0 Å². The van der Waals surface area contributed by atoms with Crippen molar-refractivity contribution in [3.05, 3.63) is 146 Å². The van der Waals surface area contributed by atoms with E-state index < -0.39 is 0 Å². The summed E-state index contributed by atoms with van der Waals surface area (Å²) in [6, 6.07) is 49.8. The molecule has 10 aromatic rings. The fourth-order valence-electron chi connectivity index (χ4n) is 6.84. The van der Waals surface area contributed by atoms with Crippen LogP contribution in [0.5, 0.6) is 0 Å². The maximum atomic E-state index is 6.77. The highest BCUT2D eigenvalue weighted by molar-refractivity contribution is 6.16. The summed E-state index contributed by atoms with van der Waals surface area (Å²) in [4.78, 5) is 7.13. The van der Waals surface area contributed by atoms with E-state index >= 15 is 0 Å². The average Bonchev–Trinajstić information content (AvgIpc) is 3.82. The first-order chi connectivity index (χ1) is 22.8. The molecule has 0 atom stereocenters. The second-order valence-corrected chi connectivity index (χ2v) is 11.5. The van der Waals surface area contributed by atoms with Gasteiger partial charge in [0.2, 0.25) is 5.89 Å². The third kappa shape index (κ3) is 3.66. The van der Waals surface area contributed by atoms with Crippen LogP contribution in [0.3, 0.4) is 0 Å². The molecule has 5 heteroatoms. The van der Waals surface area contributed by atoms with Crippen molar-refractivity contribution in [2.75, 3.05) is 4.90 Å². The number of para-hydroxylation sites is 4. The summed E-state index contributed by atoms with van der Waals surface area (Å²) >= 11 is 0. The van der Waals surface area contributed by atoms with E-state index in [1.165, 1.54) is 0 Å². The van der Waals surface area contributed by atoms with Gasteiger partial charge in [-0.2, -0.15) is 0 Å². The average molecular weight is 593 g/mol. The zero-order chi connectivity index (χ0) is 30.2. The Labute approximate surface area is 262 Å². The van der Waals surface area contributed by atoms with Crippen LogP contribution in [0.2, 0.25) is 0 Å². The standard InChI is InChI=1S/C41H24N2O3/c1-2-12-27-25(10-1)11-7-17-33(27)43(26-22-23-36-31(24-26)28-13-3-5-19-35(28)44-36)34-18-8-14-29-39-30(15-9-21-38(39)45-40(29)34)41-42-32-16-4-6-20-37(32)46-41/h1-24H. The highest BCUT2D eigenvalue weighted by atomic mass is 16.4. The molecule has 3 aromatic heterocycles. The molecule has 7 aromatic carbocycles. The molecule has 0 amide bonds. The Hall–Kier alpha value is -6.33. The van der Waals surface area contributed by atoms with Gasteiger partial charge in [-0.3, -0.25) is 0 Å². The minimum Gasteiger partial charge on any atom is -0.456 e. The topological polar surface area (TPSA) is 55.6 Å². The summed E-state index contributed by atoms with van der Waals surface area (Å²) in [5.41, 5.74) is 8.75. The van der Waals surface area contributed by atoms with E-state index in [-0.39, 0.29) is 0 Å². The second kappa shape index (κ2) is 9.58. The zero-order valence-electron chi connectivity index (χ0n) is 24.5. The first-order valence-corrected chi connectivity index (χ1v) is 15.3. The molecular weight excluding hydrogens is 568 g/mol. The van der Waals surface area contributed by atoms with Gasteiger partial charge in [-0.25, -0.2) is 4.98 Å². The molecule has 3 heterocycles. The SMILES string of the molecule is c1ccc2c(N(c3ccc4oc5ccccc5c4c3)c3cccc4c3oc3cccc(-c5nc6ccccc6o5)c34)cccc2c1. The van der Waals surface area contributed by atoms with E-state index in [0.717, 1.165) is 88.4 Å². The third-order valence-electron chi connectivity index (χ3n) is 8.89. The van der Waals surface area contributed by atoms with Crippen LogP contribution in [-0.2, 0) is 0 Å². The summed E-state index contributed by atoms with van der Waals surface area (Å²) in [6.07, 6.45) is 0. The van der Waals surface area contributed by atoms with Gasteiger partial charge >= 0.3 is 0 Å². The molecule has 0 unspecified atom stereocenters. The van der Waals surface area contributed by atoms with Gasteiger partial charge in [0.1, 0.15) is 22.3 Å². The number of hydrogen-bond acceptors (Lipinski definition) is 5. The van der Waals surface area contributed by atoms with Crippen molar-refractivity contribution in [3.8, 4) is 11.5 Å². The molecule has 10 rings (SSSR count). The van der Waals surface area contributed by atoms with E-state index in [1.54, 1.807) is 0 Å². The Kier molecular flexibility index (Phi) is 5.22. The van der Waals surface area contributed by atoms with Crippen molar-refractivity contribution in [2.24, 2.45) is 0 Å². The van der Waals surface area contributed by atoms with Crippen molar-refractivity contribution in [2.45, 2.75) is 0 Å². The second-order valence-electron chi connectivity index (χ2n) is 11.5. The first-order valence-electron chi connectivity index (χ1n) is 15.3. The third-order valence-corrected chi connectivity index (χ3v) is 8.89. The van der Waals surface area contributed by atoms with Crippen molar-refractivity contribution < 1.29 is 13.3 Å². The zero-order valence-corrected chi connectivity index (χ0v) is 24.5. The van der Waals surface area contributed by atoms with E-state index in [0.29, 0.717) is 5.89 Å². The van der Waals surface area contributed by atoms with Crippen molar-refractivity contribution >= 4 is 82.8 Å². The number of anilines is 3. The summed E-state index contributed by atoms with van der Waals surface area (Å²) in [5, 5.41) is 6.42. The van der Waals surface area contributed by atoms with Gasteiger partial charge in [-0.1, -0.05) is 84.9 Å². The maximum absolute atomic E-state index is 6.77. The Morgan fingerprint density at radius 3 is 2.09 bits per heavy atom. The number of aromatic nitrogens is 1. The molecule has 0 aliphatic heterocycles. The van der Waals surface area contributed by atoms with E-state index in [4.69, 9.17) is 18.2 Å². The number of furan rings is 2. The molecule has 0 fully saturated rings. The molecule has 0 aliphatic carbocycles. The first kappa shape index (κ1) is 25.0. The summed E-state index contributed by atoms with van der Waals surface area (Å²) in [6.45, 7) is 0. The van der Waals surface area contributed by atoms with E-state index in [2.05, 4.69) is 102 Å². The molecule has 0 N–H and O–H groups in total. The van der Waals surface area contributed by atoms with Gasteiger partial charge in [0, 0.05) is 38.2 Å². The number of rotatable bonds is 4. The fraction of sp³-hybridized carbons (Fsp3) is 0. The van der Waals surface area contributed by atoms with Crippen LogP contribution in [0.25, 0.3) is 77.2 Å². The molecule has 0 aliphatic rings. The Morgan fingerprint density at radius 1 is 0.457 bits per heavy atom. The lowest BCUT2D eigenvalue weighted by atomic mass is 10.0. The largest absolute Gasteiger partial charge is 0.456 e. The highest BCUT2D eigenvalue weighted by Crippen LogP contribution is 2.47. The molecule has 216 valence electrons. The molecule has 46 heavy (non-hydrogen) atoms. The van der Waals surface area contributed by atoms with Crippen molar-refractivity contribution in [1.82, 2.24) is 4.98 Å². The van der Waals surface area contributed by atoms with E-state index in [9.17, 15) is 0 Å². The van der Waals surface area contributed by atoms with Crippen LogP contribution >= 0.6 is 0 Å². The highest BCUT2D eigenvalue weighted by Gasteiger charge is 2.24. The number of benzene rings is 7. The number of fused-ring (bicyclic) bond motifs is 8. The lowest BCUT2D eigenvalue weighted by Crippen LogP contribution is -2.10. The maximum Gasteiger partial charge on any atom is 0.228 e. The van der Waals surface area contributed by atoms with Crippen LogP contribution in [0.4, 0.5) is 17.1 Å². The van der Waals surface area contributed by atoms with Crippen LogP contribution in [-0.4, -0.2) is 4.98 Å². The predicted molar refractivity (Wildman–Crippen MR) is 186 cm³/mol. The molecular formula is C41H24N2O3. The normalized spacial score (nSPS) is 11.9. The van der Waals surface area contributed by atoms with Crippen LogP contribution in [0.15, 0.2) is 159 Å². The Morgan fingerprint density at radius 2 is 1.15 bits per heavy atom. The lowest BCUT2D eigenvalue weighted by molar-refractivity contribution is 0.620. The van der Waals surface area contributed by atoms with Gasteiger partial charge < -0.3 is 18.2 Å². The quantitative estimate of drug-likeness (QED) is 0.203. The van der Waals surface area contributed by atoms with Gasteiger partial charge in [0.15, 0.2) is 11.2 Å². The number of hydrogen-bond donors (Lipinski definition) is 0. The monoisotopic (exact) mass is 592 g/mol. The Balaban J connectivity index is 1.26. The van der Waals surface area contributed by atoms with Crippen LogP contribution < -0.4 is 4.90 Å². The Bertz CT molecular complexity index is 2750. The molecule has 0 saturated carbocycles.